The standard InChI is InChI=1S/C26H28N2O5S/c1-3-20-10-12-21(13-11-20)32-16-15-27-26(29)25-18-28(23-14-9-19(2)17-24(23)33-25)34(30,31)22-7-5-4-6-8-22/h4-14,17,25H,3,15-16,18H2,1-2H3,(H,27,29)/t25-/m0/s1. The smallest absolute Gasteiger partial charge is 0.264 e. The highest BCUT2D eigenvalue weighted by molar-refractivity contribution is 7.92. The van der Waals surface area contributed by atoms with Gasteiger partial charge < -0.3 is 14.8 Å². The van der Waals surface area contributed by atoms with Crippen molar-refractivity contribution in [2.75, 3.05) is 24.0 Å². The van der Waals surface area contributed by atoms with Gasteiger partial charge in [-0.3, -0.25) is 9.10 Å². The van der Waals surface area contributed by atoms with E-state index in [0.717, 1.165) is 17.7 Å². The first-order valence-electron chi connectivity index (χ1n) is 11.2. The highest BCUT2D eigenvalue weighted by atomic mass is 32.2. The van der Waals surface area contributed by atoms with E-state index in [-0.39, 0.29) is 24.6 Å². The molecule has 1 atom stereocenters. The summed E-state index contributed by atoms with van der Waals surface area (Å²) in [4.78, 5) is 13.0. The zero-order valence-electron chi connectivity index (χ0n) is 19.2. The zero-order chi connectivity index (χ0) is 24.1. The number of nitrogens with one attached hydrogen (secondary N) is 1. The molecule has 3 aromatic rings. The number of carbonyl (C=O) groups excluding carboxylic acids is 1. The molecule has 1 N–H and O–H groups in total. The van der Waals surface area contributed by atoms with Crippen LogP contribution in [0, 0.1) is 6.92 Å². The van der Waals surface area contributed by atoms with E-state index in [1.54, 1.807) is 30.3 Å². The summed E-state index contributed by atoms with van der Waals surface area (Å²) < 4.78 is 39.6. The first kappa shape index (κ1) is 23.6. The van der Waals surface area contributed by atoms with Crippen molar-refractivity contribution in [3.8, 4) is 11.5 Å². The Morgan fingerprint density at radius 3 is 2.53 bits per heavy atom. The van der Waals surface area contributed by atoms with Crippen LogP contribution in [0.25, 0.3) is 0 Å². The molecule has 178 valence electrons. The number of aryl methyl sites for hydroxylation is 2. The quantitative estimate of drug-likeness (QED) is 0.497. The molecule has 0 aromatic heterocycles. The largest absolute Gasteiger partial charge is 0.492 e. The van der Waals surface area contributed by atoms with Crippen molar-refractivity contribution in [2.45, 2.75) is 31.3 Å². The Balaban J connectivity index is 1.45. The van der Waals surface area contributed by atoms with Crippen molar-refractivity contribution >= 4 is 21.6 Å². The molecule has 0 fully saturated rings. The minimum Gasteiger partial charge on any atom is -0.492 e. The van der Waals surface area contributed by atoms with Crippen LogP contribution in [0.3, 0.4) is 0 Å². The van der Waals surface area contributed by atoms with Gasteiger partial charge >= 0.3 is 0 Å². The predicted molar refractivity (Wildman–Crippen MR) is 131 cm³/mol. The van der Waals surface area contributed by atoms with Crippen LogP contribution in [0.15, 0.2) is 77.7 Å². The van der Waals surface area contributed by atoms with E-state index < -0.39 is 22.0 Å². The third-order valence-electron chi connectivity index (χ3n) is 5.61. The highest BCUT2D eigenvalue weighted by Crippen LogP contribution is 2.37. The predicted octanol–water partition coefficient (Wildman–Crippen LogP) is 3.71. The van der Waals surface area contributed by atoms with Crippen LogP contribution < -0.4 is 19.1 Å². The van der Waals surface area contributed by atoms with Gasteiger partial charge in [-0.15, -0.1) is 0 Å². The first-order valence-corrected chi connectivity index (χ1v) is 12.7. The number of sulfonamides is 1. The number of fused-ring (bicyclic) bond motifs is 1. The van der Waals surface area contributed by atoms with E-state index in [1.807, 2.05) is 37.3 Å². The molecular weight excluding hydrogens is 452 g/mol. The van der Waals surface area contributed by atoms with Crippen molar-refractivity contribution in [2.24, 2.45) is 0 Å². The zero-order valence-corrected chi connectivity index (χ0v) is 20.0. The lowest BCUT2D eigenvalue weighted by Crippen LogP contribution is -2.51. The lowest BCUT2D eigenvalue weighted by molar-refractivity contribution is -0.127. The summed E-state index contributed by atoms with van der Waals surface area (Å²) in [6, 6.07) is 21.3. The molecular formula is C26H28N2O5S. The molecule has 8 heteroatoms. The summed E-state index contributed by atoms with van der Waals surface area (Å²) in [6.45, 7) is 4.39. The number of anilines is 1. The van der Waals surface area contributed by atoms with Crippen molar-refractivity contribution < 1.29 is 22.7 Å². The Morgan fingerprint density at radius 1 is 1.09 bits per heavy atom. The fourth-order valence-corrected chi connectivity index (χ4v) is 5.22. The number of amides is 1. The lowest BCUT2D eigenvalue weighted by atomic mass is 10.1. The molecule has 0 saturated heterocycles. The third-order valence-corrected chi connectivity index (χ3v) is 7.40. The molecule has 1 aliphatic rings. The number of hydrogen-bond acceptors (Lipinski definition) is 5. The van der Waals surface area contributed by atoms with Gasteiger partial charge in [-0.25, -0.2) is 8.42 Å². The number of ether oxygens (including phenoxy) is 2. The van der Waals surface area contributed by atoms with Gasteiger partial charge in [0.25, 0.3) is 15.9 Å². The average molecular weight is 481 g/mol. The van der Waals surface area contributed by atoms with Gasteiger partial charge in [0.2, 0.25) is 0 Å². The maximum Gasteiger partial charge on any atom is 0.264 e. The molecule has 1 heterocycles. The molecule has 0 spiro atoms. The summed E-state index contributed by atoms with van der Waals surface area (Å²) in [5.74, 6) is 0.688. The van der Waals surface area contributed by atoms with Gasteiger partial charge in [-0.05, 0) is 60.9 Å². The summed E-state index contributed by atoms with van der Waals surface area (Å²) in [5, 5.41) is 2.79. The molecule has 4 rings (SSSR count). The molecule has 0 radical (unpaired) electrons. The van der Waals surface area contributed by atoms with Crippen molar-refractivity contribution in [1.82, 2.24) is 5.32 Å². The SMILES string of the molecule is CCc1ccc(OCCNC(=O)[C@@H]2CN(S(=O)(=O)c3ccccc3)c3ccc(C)cc3O2)cc1. The van der Waals surface area contributed by atoms with Gasteiger partial charge in [-0.2, -0.15) is 0 Å². The Morgan fingerprint density at radius 2 is 1.82 bits per heavy atom. The molecule has 0 aliphatic carbocycles. The summed E-state index contributed by atoms with van der Waals surface area (Å²) >= 11 is 0. The van der Waals surface area contributed by atoms with E-state index in [4.69, 9.17) is 9.47 Å². The van der Waals surface area contributed by atoms with Gasteiger partial charge in [0.1, 0.15) is 18.1 Å². The Bertz CT molecular complexity index is 1240. The van der Waals surface area contributed by atoms with Crippen LogP contribution in [0.5, 0.6) is 11.5 Å². The van der Waals surface area contributed by atoms with Gasteiger partial charge in [0.05, 0.1) is 23.7 Å². The Hall–Kier alpha value is -3.52. The van der Waals surface area contributed by atoms with Gasteiger partial charge in [-0.1, -0.05) is 43.3 Å². The number of nitrogens with zero attached hydrogens (tertiary/aromatic N) is 1. The third kappa shape index (κ3) is 5.17. The normalized spacial score (nSPS) is 15.2. The highest BCUT2D eigenvalue weighted by Gasteiger charge is 2.37. The van der Waals surface area contributed by atoms with Crippen LogP contribution >= 0.6 is 0 Å². The molecule has 1 amide bonds. The topological polar surface area (TPSA) is 84.9 Å². The minimum atomic E-state index is -3.87. The number of benzene rings is 3. The second-order valence-corrected chi connectivity index (χ2v) is 9.93. The maximum atomic E-state index is 13.4. The fourth-order valence-electron chi connectivity index (χ4n) is 3.72. The first-order chi connectivity index (χ1) is 16.4. The van der Waals surface area contributed by atoms with Crippen LogP contribution in [0.2, 0.25) is 0 Å². The molecule has 0 saturated carbocycles. The van der Waals surface area contributed by atoms with Crippen molar-refractivity contribution in [1.29, 1.82) is 0 Å². The van der Waals surface area contributed by atoms with Crippen LogP contribution in [-0.2, 0) is 21.2 Å². The Labute approximate surface area is 200 Å². The van der Waals surface area contributed by atoms with Gasteiger partial charge in [0.15, 0.2) is 6.10 Å². The maximum absolute atomic E-state index is 13.4. The molecule has 34 heavy (non-hydrogen) atoms. The summed E-state index contributed by atoms with van der Waals surface area (Å²) in [5.41, 5.74) is 2.54. The molecule has 0 bridgehead atoms. The Kier molecular flexibility index (Phi) is 7.07. The summed E-state index contributed by atoms with van der Waals surface area (Å²) in [6.07, 6.45) is -0.0335. The van der Waals surface area contributed by atoms with Crippen LogP contribution in [0.1, 0.15) is 18.1 Å². The number of rotatable bonds is 8. The van der Waals surface area contributed by atoms with Gasteiger partial charge in [0, 0.05) is 0 Å². The second-order valence-electron chi connectivity index (χ2n) is 8.06. The molecule has 0 unspecified atom stereocenters. The fraction of sp³-hybridized carbons (Fsp3) is 0.269. The summed E-state index contributed by atoms with van der Waals surface area (Å²) in [7, 11) is -3.87. The lowest BCUT2D eigenvalue weighted by Gasteiger charge is -2.35. The number of carbonyl (C=O) groups is 1. The van der Waals surface area contributed by atoms with Crippen LogP contribution in [0.4, 0.5) is 5.69 Å². The minimum absolute atomic E-state index is 0.127. The van der Waals surface area contributed by atoms with Crippen molar-refractivity contribution in [3.05, 3.63) is 83.9 Å². The molecule has 1 aliphatic heterocycles. The monoisotopic (exact) mass is 480 g/mol. The molecule has 7 nitrogen and oxygen atoms in total. The van der Waals surface area contributed by atoms with E-state index in [9.17, 15) is 13.2 Å². The van der Waals surface area contributed by atoms with Crippen molar-refractivity contribution in [3.63, 3.8) is 0 Å². The van der Waals surface area contributed by atoms with E-state index in [0.29, 0.717) is 11.4 Å². The second kappa shape index (κ2) is 10.2. The van der Waals surface area contributed by atoms with Crippen LogP contribution in [-0.4, -0.2) is 40.1 Å². The number of hydrogen-bond donors (Lipinski definition) is 1. The molecule has 3 aromatic carbocycles. The van der Waals surface area contributed by atoms with E-state index in [1.165, 1.54) is 22.0 Å². The average Bonchev–Trinajstić information content (AvgIpc) is 2.86. The van der Waals surface area contributed by atoms with E-state index in [2.05, 4.69) is 12.2 Å². The van der Waals surface area contributed by atoms with E-state index >= 15 is 0 Å².